The third-order valence-electron chi connectivity index (χ3n) is 4.57. The molecule has 0 aliphatic carbocycles. The normalized spacial score (nSPS) is 14.2. The van der Waals surface area contributed by atoms with Crippen LogP contribution < -0.4 is 4.74 Å². The second-order valence-corrected chi connectivity index (χ2v) is 6.33. The lowest BCUT2D eigenvalue weighted by atomic mass is 10.1. The maximum atomic E-state index is 12.6. The minimum Gasteiger partial charge on any atom is -0.507 e. The Morgan fingerprint density at radius 3 is 2.04 bits per heavy atom. The number of aromatic hydroxyl groups is 1. The van der Waals surface area contributed by atoms with E-state index in [1.807, 2.05) is 6.92 Å². The van der Waals surface area contributed by atoms with E-state index in [2.05, 4.69) is 0 Å². The van der Waals surface area contributed by atoms with Gasteiger partial charge in [-0.3, -0.25) is 9.59 Å². The number of amides is 2. The van der Waals surface area contributed by atoms with Crippen LogP contribution in [0.4, 0.5) is 0 Å². The fourth-order valence-electron chi connectivity index (χ4n) is 3.02. The number of rotatable bonds is 3. The summed E-state index contributed by atoms with van der Waals surface area (Å²) in [6.45, 7) is 3.66. The van der Waals surface area contributed by atoms with Crippen molar-refractivity contribution in [1.82, 2.24) is 9.80 Å². The van der Waals surface area contributed by atoms with Gasteiger partial charge in [0.15, 0.2) is 0 Å². The monoisotopic (exact) mass is 354 g/mol. The van der Waals surface area contributed by atoms with Gasteiger partial charge in [0.1, 0.15) is 11.5 Å². The summed E-state index contributed by atoms with van der Waals surface area (Å²) in [6.07, 6.45) is 0. The van der Waals surface area contributed by atoms with E-state index in [1.165, 1.54) is 0 Å². The van der Waals surface area contributed by atoms with Gasteiger partial charge in [0, 0.05) is 31.7 Å². The number of hydrogen-bond donors (Lipinski definition) is 1. The molecule has 2 amide bonds. The standard InChI is InChI=1S/C20H22N2O4/c1-14-3-8-17(18(23)13-14)20(25)22-11-9-21(10-12-22)19(24)15-4-6-16(26-2)7-5-15/h3-8,13,23H,9-12H2,1-2H3. The summed E-state index contributed by atoms with van der Waals surface area (Å²) in [4.78, 5) is 28.6. The molecule has 1 saturated heterocycles. The predicted molar refractivity (Wildman–Crippen MR) is 97.6 cm³/mol. The fraction of sp³-hybridized carbons (Fsp3) is 0.300. The highest BCUT2D eigenvalue weighted by molar-refractivity contribution is 5.97. The van der Waals surface area contributed by atoms with Crippen LogP contribution in [0.2, 0.25) is 0 Å². The number of ether oxygens (including phenoxy) is 1. The summed E-state index contributed by atoms with van der Waals surface area (Å²) in [7, 11) is 1.58. The molecule has 3 rings (SSSR count). The van der Waals surface area contributed by atoms with Crippen LogP contribution in [-0.2, 0) is 0 Å². The van der Waals surface area contributed by atoms with Crippen LogP contribution in [0.3, 0.4) is 0 Å². The van der Waals surface area contributed by atoms with Crippen LogP contribution in [-0.4, -0.2) is 60.0 Å². The first-order valence-corrected chi connectivity index (χ1v) is 8.52. The van der Waals surface area contributed by atoms with Gasteiger partial charge in [-0.1, -0.05) is 6.07 Å². The first-order valence-electron chi connectivity index (χ1n) is 8.52. The van der Waals surface area contributed by atoms with Gasteiger partial charge in [-0.2, -0.15) is 0 Å². The molecule has 1 N–H and O–H groups in total. The smallest absolute Gasteiger partial charge is 0.257 e. The number of hydrogen-bond acceptors (Lipinski definition) is 4. The molecule has 0 bridgehead atoms. The Morgan fingerprint density at radius 2 is 1.50 bits per heavy atom. The molecule has 0 spiro atoms. The molecule has 2 aromatic carbocycles. The average Bonchev–Trinajstić information content (AvgIpc) is 2.67. The topological polar surface area (TPSA) is 70.1 Å². The van der Waals surface area contributed by atoms with Crippen LogP contribution in [0.15, 0.2) is 42.5 Å². The number of benzene rings is 2. The van der Waals surface area contributed by atoms with Gasteiger partial charge in [-0.05, 0) is 48.9 Å². The van der Waals surface area contributed by atoms with Crippen molar-refractivity contribution >= 4 is 11.8 Å². The minimum absolute atomic E-state index is 0.00765. The van der Waals surface area contributed by atoms with Crippen LogP contribution >= 0.6 is 0 Å². The van der Waals surface area contributed by atoms with E-state index in [4.69, 9.17) is 4.74 Å². The van der Waals surface area contributed by atoms with E-state index in [-0.39, 0.29) is 17.6 Å². The van der Waals surface area contributed by atoms with Crippen molar-refractivity contribution < 1.29 is 19.4 Å². The van der Waals surface area contributed by atoms with Gasteiger partial charge in [0.2, 0.25) is 0 Å². The summed E-state index contributed by atoms with van der Waals surface area (Å²) < 4.78 is 5.10. The second kappa shape index (κ2) is 7.47. The van der Waals surface area contributed by atoms with Crippen LogP contribution in [0, 0.1) is 6.92 Å². The lowest BCUT2D eigenvalue weighted by Gasteiger charge is -2.35. The van der Waals surface area contributed by atoms with Gasteiger partial charge >= 0.3 is 0 Å². The Kier molecular flexibility index (Phi) is 5.11. The number of carbonyl (C=O) groups excluding carboxylic acids is 2. The molecule has 1 fully saturated rings. The van der Waals surface area contributed by atoms with Crippen molar-refractivity contribution in [1.29, 1.82) is 0 Å². The zero-order valence-corrected chi connectivity index (χ0v) is 14.9. The molecule has 0 saturated carbocycles. The largest absolute Gasteiger partial charge is 0.507 e. The van der Waals surface area contributed by atoms with Crippen molar-refractivity contribution in [2.24, 2.45) is 0 Å². The summed E-state index contributed by atoms with van der Waals surface area (Å²) in [5, 5.41) is 10.0. The maximum absolute atomic E-state index is 12.6. The maximum Gasteiger partial charge on any atom is 0.257 e. The first kappa shape index (κ1) is 17.8. The Labute approximate surface area is 152 Å². The molecule has 0 aromatic heterocycles. The van der Waals surface area contributed by atoms with Crippen molar-refractivity contribution in [2.75, 3.05) is 33.3 Å². The molecule has 6 heteroatoms. The number of nitrogens with zero attached hydrogens (tertiary/aromatic N) is 2. The van der Waals surface area contributed by atoms with E-state index >= 15 is 0 Å². The molecule has 1 aliphatic heterocycles. The van der Waals surface area contributed by atoms with Crippen molar-refractivity contribution in [3.63, 3.8) is 0 Å². The molecule has 26 heavy (non-hydrogen) atoms. The molecule has 1 aliphatic rings. The van der Waals surface area contributed by atoms with Gasteiger partial charge in [0.05, 0.1) is 12.7 Å². The number of carbonyl (C=O) groups is 2. The zero-order valence-electron chi connectivity index (χ0n) is 14.9. The summed E-state index contributed by atoms with van der Waals surface area (Å²) >= 11 is 0. The third-order valence-corrected chi connectivity index (χ3v) is 4.57. The van der Waals surface area contributed by atoms with Crippen molar-refractivity contribution in [2.45, 2.75) is 6.92 Å². The molecule has 0 radical (unpaired) electrons. The minimum atomic E-state index is -0.209. The van der Waals surface area contributed by atoms with E-state index < -0.39 is 0 Å². The van der Waals surface area contributed by atoms with Crippen LogP contribution in [0.5, 0.6) is 11.5 Å². The lowest BCUT2D eigenvalue weighted by molar-refractivity contribution is 0.0533. The predicted octanol–water partition coefficient (Wildman–Crippen LogP) is 2.31. The molecular weight excluding hydrogens is 332 g/mol. The molecule has 0 atom stereocenters. The first-order chi connectivity index (χ1) is 12.5. The zero-order chi connectivity index (χ0) is 18.7. The van der Waals surface area contributed by atoms with Gasteiger partial charge < -0.3 is 19.6 Å². The number of methoxy groups -OCH3 is 1. The van der Waals surface area contributed by atoms with Gasteiger partial charge in [-0.25, -0.2) is 0 Å². The quantitative estimate of drug-likeness (QED) is 0.918. The summed E-state index contributed by atoms with van der Waals surface area (Å²) in [6, 6.07) is 12.0. The average molecular weight is 354 g/mol. The molecule has 2 aromatic rings. The number of aryl methyl sites for hydroxylation is 1. The second-order valence-electron chi connectivity index (χ2n) is 6.33. The van der Waals surface area contributed by atoms with Gasteiger partial charge in [0.25, 0.3) is 11.8 Å². The summed E-state index contributed by atoms with van der Waals surface area (Å²) in [5.41, 5.74) is 1.79. The Balaban J connectivity index is 1.63. The van der Waals surface area contributed by atoms with E-state index in [0.717, 1.165) is 5.56 Å². The number of phenolic OH excluding ortho intramolecular Hbond substituents is 1. The van der Waals surface area contributed by atoms with Crippen LogP contribution in [0.1, 0.15) is 26.3 Å². The van der Waals surface area contributed by atoms with Crippen molar-refractivity contribution in [3.05, 3.63) is 59.2 Å². The molecule has 0 unspecified atom stereocenters. The SMILES string of the molecule is COc1ccc(C(=O)N2CCN(C(=O)c3ccc(C)cc3O)CC2)cc1. The van der Waals surface area contributed by atoms with Gasteiger partial charge in [-0.15, -0.1) is 0 Å². The highest BCUT2D eigenvalue weighted by Gasteiger charge is 2.26. The van der Waals surface area contributed by atoms with E-state index in [9.17, 15) is 14.7 Å². The Hall–Kier alpha value is -3.02. The number of piperazine rings is 1. The highest BCUT2D eigenvalue weighted by atomic mass is 16.5. The summed E-state index contributed by atoms with van der Waals surface area (Å²) in [5.74, 6) is 0.429. The Morgan fingerprint density at radius 1 is 0.923 bits per heavy atom. The molecular formula is C20H22N2O4. The molecule has 1 heterocycles. The van der Waals surface area contributed by atoms with Crippen LogP contribution in [0.25, 0.3) is 0 Å². The highest BCUT2D eigenvalue weighted by Crippen LogP contribution is 2.21. The lowest BCUT2D eigenvalue weighted by Crippen LogP contribution is -2.50. The molecule has 6 nitrogen and oxygen atoms in total. The molecule has 136 valence electrons. The Bertz CT molecular complexity index is 809. The fourth-order valence-corrected chi connectivity index (χ4v) is 3.02. The number of phenols is 1. The van der Waals surface area contributed by atoms with E-state index in [0.29, 0.717) is 43.1 Å². The van der Waals surface area contributed by atoms with Crippen molar-refractivity contribution in [3.8, 4) is 11.5 Å². The van der Waals surface area contributed by atoms with E-state index in [1.54, 1.807) is 59.4 Å². The third kappa shape index (κ3) is 3.64.